The molecule has 25 heavy (non-hydrogen) atoms. The maximum Gasteiger partial charge on any atom is 0.326 e. The van der Waals surface area contributed by atoms with E-state index in [1.807, 2.05) is 26.0 Å². The lowest BCUT2D eigenvalue weighted by Gasteiger charge is -2.10. The van der Waals surface area contributed by atoms with Crippen LogP contribution in [-0.4, -0.2) is 19.5 Å². The summed E-state index contributed by atoms with van der Waals surface area (Å²) in [5, 5.41) is 3.94. The Morgan fingerprint density at radius 3 is 2.64 bits per heavy atom. The number of H-pyrrole nitrogens is 1. The van der Waals surface area contributed by atoms with E-state index < -0.39 is 0 Å². The average Bonchev–Trinajstić information content (AvgIpc) is 2.90. The van der Waals surface area contributed by atoms with Crippen molar-refractivity contribution in [1.82, 2.24) is 19.5 Å². The minimum absolute atomic E-state index is 0.0392. The summed E-state index contributed by atoms with van der Waals surface area (Å²) in [7, 11) is 0. The first-order valence-electron chi connectivity index (χ1n) is 7.94. The number of imidazole rings is 1. The van der Waals surface area contributed by atoms with E-state index in [1.165, 1.54) is 18.5 Å². The molecule has 0 bridgehead atoms. The molecular weight excluding hydrogens is 321 g/mol. The highest BCUT2D eigenvalue weighted by atomic mass is 19.1. The fourth-order valence-corrected chi connectivity index (χ4v) is 2.96. The first kappa shape index (κ1) is 15.3. The number of rotatable bonds is 3. The van der Waals surface area contributed by atoms with Crippen molar-refractivity contribution in [3.8, 4) is 0 Å². The lowest BCUT2D eigenvalue weighted by molar-refractivity contribution is 0.598. The van der Waals surface area contributed by atoms with Crippen molar-refractivity contribution in [2.75, 3.05) is 5.32 Å². The minimum atomic E-state index is -0.299. The quantitative estimate of drug-likeness (QED) is 0.597. The summed E-state index contributed by atoms with van der Waals surface area (Å²) in [6, 6.07) is 9.81. The Bertz CT molecular complexity index is 1130. The molecule has 2 aromatic heterocycles. The number of halogens is 1. The largest absolute Gasteiger partial charge is 0.340 e. The van der Waals surface area contributed by atoms with E-state index in [0.29, 0.717) is 5.82 Å². The number of fused-ring (bicyclic) bond motifs is 2. The number of aromatic amines is 1. The van der Waals surface area contributed by atoms with Crippen LogP contribution in [0.1, 0.15) is 19.9 Å². The van der Waals surface area contributed by atoms with Crippen molar-refractivity contribution >= 4 is 33.4 Å². The molecule has 0 radical (unpaired) electrons. The predicted molar refractivity (Wildman–Crippen MR) is 95.7 cm³/mol. The Kier molecular flexibility index (Phi) is 3.49. The van der Waals surface area contributed by atoms with Crippen molar-refractivity contribution in [1.29, 1.82) is 0 Å². The zero-order valence-electron chi connectivity index (χ0n) is 13.7. The van der Waals surface area contributed by atoms with Crippen LogP contribution in [0.15, 0.2) is 47.5 Å². The van der Waals surface area contributed by atoms with Gasteiger partial charge in [-0.25, -0.2) is 19.2 Å². The summed E-state index contributed by atoms with van der Waals surface area (Å²) in [6.07, 6.45) is 1.46. The lowest BCUT2D eigenvalue weighted by Crippen LogP contribution is -2.18. The van der Waals surface area contributed by atoms with Gasteiger partial charge in [-0.15, -0.1) is 0 Å². The zero-order chi connectivity index (χ0) is 17.6. The molecule has 0 amide bonds. The normalized spacial score (nSPS) is 11.5. The van der Waals surface area contributed by atoms with Crippen LogP contribution < -0.4 is 11.0 Å². The molecular formula is C18H16FN5O. The highest BCUT2D eigenvalue weighted by Crippen LogP contribution is 2.27. The van der Waals surface area contributed by atoms with E-state index >= 15 is 0 Å². The standard InChI is InChI=1S/C18H16FN5O/c1-10(2)24-16-8-14-13(7-15(16)23-18(24)25)17(21-9-20-14)22-12-5-3-11(19)4-6-12/h3-10H,1-2H3,(H,23,25)(H,20,21,22). The summed E-state index contributed by atoms with van der Waals surface area (Å²) in [5.74, 6) is 0.295. The van der Waals surface area contributed by atoms with E-state index in [0.717, 1.165) is 27.6 Å². The third-order valence-corrected chi connectivity index (χ3v) is 4.10. The van der Waals surface area contributed by atoms with Crippen LogP contribution in [0, 0.1) is 5.82 Å². The summed E-state index contributed by atoms with van der Waals surface area (Å²) in [5.41, 5.74) is 2.82. The molecule has 0 saturated carbocycles. The van der Waals surface area contributed by atoms with E-state index in [1.54, 1.807) is 16.7 Å². The molecule has 0 aliphatic heterocycles. The number of hydrogen-bond acceptors (Lipinski definition) is 4. The number of benzene rings is 2. The second kappa shape index (κ2) is 5.70. The molecule has 0 atom stereocenters. The summed E-state index contributed by atoms with van der Waals surface area (Å²) >= 11 is 0. The van der Waals surface area contributed by atoms with Gasteiger partial charge in [-0.1, -0.05) is 0 Å². The third kappa shape index (κ3) is 2.63. The fourth-order valence-electron chi connectivity index (χ4n) is 2.96. The van der Waals surface area contributed by atoms with Gasteiger partial charge in [0.05, 0.1) is 16.6 Å². The van der Waals surface area contributed by atoms with Gasteiger partial charge in [0.2, 0.25) is 0 Å². The van der Waals surface area contributed by atoms with Crippen molar-refractivity contribution < 1.29 is 4.39 Å². The van der Waals surface area contributed by atoms with Crippen LogP contribution in [0.25, 0.3) is 21.9 Å². The molecule has 0 saturated heterocycles. The molecule has 0 spiro atoms. The van der Waals surface area contributed by atoms with Crippen molar-refractivity contribution in [3.05, 3.63) is 59.0 Å². The molecule has 6 nitrogen and oxygen atoms in total. The van der Waals surface area contributed by atoms with Gasteiger partial charge in [0.15, 0.2) is 0 Å². The molecule has 126 valence electrons. The van der Waals surface area contributed by atoms with Crippen molar-refractivity contribution in [3.63, 3.8) is 0 Å². The molecule has 0 fully saturated rings. The molecule has 4 aromatic rings. The first-order valence-corrected chi connectivity index (χ1v) is 7.94. The van der Waals surface area contributed by atoms with E-state index in [4.69, 9.17) is 0 Å². The number of hydrogen-bond donors (Lipinski definition) is 2. The molecule has 4 rings (SSSR count). The highest BCUT2D eigenvalue weighted by Gasteiger charge is 2.13. The van der Waals surface area contributed by atoms with E-state index in [-0.39, 0.29) is 17.5 Å². The maximum atomic E-state index is 13.1. The second-order valence-corrected chi connectivity index (χ2v) is 6.13. The Labute approximate surface area is 142 Å². The van der Waals surface area contributed by atoms with Gasteiger partial charge in [0.1, 0.15) is 18.0 Å². The smallest absolute Gasteiger partial charge is 0.326 e. The second-order valence-electron chi connectivity index (χ2n) is 6.13. The molecule has 2 N–H and O–H groups in total. The van der Waals surface area contributed by atoms with Gasteiger partial charge < -0.3 is 10.3 Å². The van der Waals surface area contributed by atoms with Gasteiger partial charge in [0.25, 0.3) is 0 Å². The van der Waals surface area contributed by atoms with E-state index in [9.17, 15) is 9.18 Å². The summed E-state index contributed by atoms with van der Waals surface area (Å²) in [4.78, 5) is 23.7. The molecule has 7 heteroatoms. The van der Waals surface area contributed by atoms with Crippen LogP contribution in [0.2, 0.25) is 0 Å². The molecule has 0 aliphatic carbocycles. The minimum Gasteiger partial charge on any atom is -0.340 e. The van der Waals surface area contributed by atoms with Gasteiger partial charge in [-0.3, -0.25) is 4.57 Å². The number of nitrogens with one attached hydrogen (secondary N) is 2. The van der Waals surface area contributed by atoms with Crippen LogP contribution in [0.4, 0.5) is 15.9 Å². The Hall–Kier alpha value is -3.22. The average molecular weight is 337 g/mol. The molecule has 0 unspecified atom stereocenters. The SMILES string of the molecule is CC(C)n1c(=O)[nH]c2cc3c(Nc4ccc(F)cc4)ncnc3cc21. The van der Waals surface area contributed by atoms with Gasteiger partial charge >= 0.3 is 5.69 Å². The summed E-state index contributed by atoms with van der Waals surface area (Å²) in [6.45, 7) is 3.92. The van der Waals surface area contributed by atoms with Gasteiger partial charge in [-0.2, -0.15) is 0 Å². The molecule has 2 aromatic carbocycles. The van der Waals surface area contributed by atoms with Crippen LogP contribution in [0.3, 0.4) is 0 Å². The van der Waals surface area contributed by atoms with Crippen LogP contribution in [0.5, 0.6) is 0 Å². The molecule has 0 aliphatic rings. The number of nitrogens with zero attached hydrogens (tertiary/aromatic N) is 3. The fraction of sp³-hybridized carbons (Fsp3) is 0.167. The monoisotopic (exact) mass is 337 g/mol. The lowest BCUT2D eigenvalue weighted by atomic mass is 10.2. The van der Waals surface area contributed by atoms with Gasteiger partial charge in [-0.05, 0) is 50.2 Å². The molecule has 2 heterocycles. The Balaban J connectivity index is 1.89. The van der Waals surface area contributed by atoms with Gasteiger partial charge in [0, 0.05) is 17.1 Å². The summed E-state index contributed by atoms with van der Waals surface area (Å²) < 4.78 is 14.8. The van der Waals surface area contributed by atoms with Crippen LogP contribution >= 0.6 is 0 Å². The van der Waals surface area contributed by atoms with Crippen molar-refractivity contribution in [2.45, 2.75) is 19.9 Å². The third-order valence-electron chi connectivity index (χ3n) is 4.10. The van der Waals surface area contributed by atoms with E-state index in [2.05, 4.69) is 20.3 Å². The van der Waals surface area contributed by atoms with Crippen LogP contribution in [-0.2, 0) is 0 Å². The zero-order valence-corrected chi connectivity index (χ0v) is 13.7. The number of anilines is 2. The first-order chi connectivity index (χ1) is 12.0. The maximum absolute atomic E-state index is 13.1. The Morgan fingerprint density at radius 1 is 1.16 bits per heavy atom. The highest BCUT2D eigenvalue weighted by molar-refractivity contribution is 5.99. The number of aromatic nitrogens is 4. The topological polar surface area (TPSA) is 75.6 Å². The van der Waals surface area contributed by atoms with Crippen molar-refractivity contribution in [2.24, 2.45) is 0 Å². The predicted octanol–water partition coefficient (Wildman–Crippen LogP) is 3.74. The Morgan fingerprint density at radius 2 is 1.92 bits per heavy atom.